The summed E-state index contributed by atoms with van der Waals surface area (Å²) in [6.07, 6.45) is 4.70. The number of ether oxygens (including phenoxy) is 2. The lowest BCUT2D eigenvalue weighted by atomic mass is 9.82. The van der Waals surface area contributed by atoms with E-state index in [1.807, 2.05) is 42.5 Å². The van der Waals surface area contributed by atoms with E-state index < -0.39 is 5.97 Å². The predicted molar refractivity (Wildman–Crippen MR) is 137 cm³/mol. The number of halogens is 1. The second kappa shape index (κ2) is 12.3. The Kier molecular flexibility index (Phi) is 8.88. The Morgan fingerprint density at radius 2 is 1.81 bits per heavy atom. The van der Waals surface area contributed by atoms with Crippen LogP contribution >= 0.6 is 0 Å². The molecule has 1 fully saturated rings. The first-order chi connectivity index (χ1) is 17.5. The molecule has 1 aromatic heterocycles. The van der Waals surface area contributed by atoms with Gasteiger partial charge in [-0.25, -0.2) is 9.18 Å². The number of nitrogens with zero attached hydrogens (tertiary/aromatic N) is 2. The maximum atomic E-state index is 15.4. The summed E-state index contributed by atoms with van der Waals surface area (Å²) in [7, 11) is 1.68. The summed E-state index contributed by atoms with van der Waals surface area (Å²) in [4.78, 5) is 10.7. The molecule has 0 atom stereocenters. The first kappa shape index (κ1) is 26.0. The highest BCUT2D eigenvalue weighted by molar-refractivity contribution is 5.83. The van der Waals surface area contributed by atoms with Crippen LogP contribution in [0.25, 0.3) is 22.4 Å². The second-order valence-corrected chi connectivity index (χ2v) is 9.69. The van der Waals surface area contributed by atoms with E-state index in [9.17, 15) is 4.79 Å². The van der Waals surface area contributed by atoms with Crippen LogP contribution < -0.4 is 0 Å². The highest BCUT2D eigenvalue weighted by Gasteiger charge is 2.27. The SMILES string of the molecule is COCCc1c(-c2cccc(C)c2F)c(-c2ccccc2)nn1CC1CCC(COCC(=O)O)CC1. The third-order valence-corrected chi connectivity index (χ3v) is 7.09. The van der Waals surface area contributed by atoms with Crippen molar-refractivity contribution in [1.82, 2.24) is 9.78 Å². The molecular weight excluding hydrogens is 459 g/mol. The fraction of sp³-hybridized carbons (Fsp3) is 0.448. The van der Waals surface area contributed by atoms with Crippen LogP contribution in [0.15, 0.2) is 48.5 Å². The molecule has 0 saturated heterocycles. The zero-order valence-electron chi connectivity index (χ0n) is 21.1. The Balaban J connectivity index is 1.64. The van der Waals surface area contributed by atoms with Gasteiger partial charge in [0.15, 0.2) is 0 Å². The van der Waals surface area contributed by atoms with Crippen LogP contribution in [0.2, 0.25) is 0 Å². The van der Waals surface area contributed by atoms with Gasteiger partial charge in [-0.15, -0.1) is 0 Å². The third-order valence-electron chi connectivity index (χ3n) is 7.09. The number of benzene rings is 2. The van der Waals surface area contributed by atoms with Crippen molar-refractivity contribution in [2.24, 2.45) is 11.8 Å². The minimum atomic E-state index is -0.930. The number of carboxylic acid groups (broad SMARTS) is 1. The smallest absolute Gasteiger partial charge is 0.329 e. The van der Waals surface area contributed by atoms with Gasteiger partial charge >= 0.3 is 5.97 Å². The van der Waals surface area contributed by atoms with Gasteiger partial charge in [0.1, 0.15) is 18.1 Å². The number of rotatable bonds is 11. The van der Waals surface area contributed by atoms with Crippen molar-refractivity contribution in [3.8, 4) is 22.4 Å². The highest BCUT2D eigenvalue weighted by Crippen LogP contribution is 2.38. The Bertz CT molecular complexity index is 1150. The summed E-state index contributed by atoms with van der Waals surface area (Å²) in [6.45, 7) is 3.33. The number of aryl methyl sites for hydroxylation is 1. The number of methoxy groups -OCH3 is 1. The standard InChI is InChI=1S/C29H35FN2O4/c1-20-7-6-10-24(28(20)30)27-25(15-16-35-2)32(31-29(27)23-8-4-3-5-9-23)17-21-11-13-22(14-12-21)18-36-19-26(33)34/h3-10,21-22H,11-19H2,1-2H3,(H,33,34). The van der Waals surface area contributed by atoms with Crippen molar-refractivity contribution in [1.29, 1.82) is 0 Å². The fourth-order valence-electron chi connectivity index (χ4n) is 5.16. The monoisotopic (exact) mass is 494 g/mol. The first-order valence-electron chi connectivity index (χ1n) is 12.7. The van der Waals surface area contributed by atoms with Crippen LogP contribution in [0.1, 0.15) is 36.9 Å². The molecule has 0 radical (unpaired) electrons. The summed E-state index contributed by atoms with van der Waals surface area (Å²) in [6, 6.07) is 15.5. The van der Waals surface area contributed by atoms with Gasteiger partial charge in [0.2, 0.25) is 0 Å². The van der Waals surface area contributed by atoms with Crippen molar-refractivity contribution in [3.05, 3.63) is 65.6 Å². The van der Waals surface area contributed by atoms with Gasteiger partial charge < -0.3 is 14.6 Å². The molecule has 7 heteroatoms. The average Bonchev–Trinajstić information content (AvgIpc) is 3.23. The lowest BCUT2D eigenvalue weighted by Gasteiger charge is -2.28. The molecule has 0 spiro atoms. The lowest BCUT2D eigenvalue weighted by Crippen LogP contribution is -2.24. The summed E-state index contributed by atoms with van der Waals surface area (Å²) < 4.78 is 28.3. The summed E-state index contributed by atoms with van der Waals surface area (Å²) >= 11 is 0. The molecule has 0 bridgehead atoms. The molecular formula is C29H35FN2O4. The van der Waals surface area contributed by atoms with Crippen LogP contribution in [-0.2, 0) is 27.2 Å². The van der Waals surface area contributed by atoms with E-state index in [1.165, 1.54) is 0 Å². The number of hydrogen-bond donors (Lipinski definition) is 1. The second-order valence-electron chi connectivity index (χ2n) is 9.69. The minimum Gasteiger partial charge on any atom is -0.480 e. The zero-order chi connectivity index (χ0) is 25.5. The van der Waals surface area contributed by atoms with Gasteiger partial charge in [0, 0.05) is 42.5 Å². The molecule has 0 unspecified atom stereocenters. The molecule has 1 saturated carbocycles. The summed E-state index contributed by atoms with van der Waals surface area (Å²) in [5.41, 5.74) is 4.78. The minimum absolute atomic E-state index is 0.213. The van der Waals surface area contributed by atoms with Gasteiger partial charge in [-0.3, -0.25) is 4.68 Å². The first-order valence-corrected chi connectivity index (χ1v) is 12.7. The molecule has 192 valence electrons. The number of carbonyl (C=O) groups is 1. The van der Waals surface area contributed by atoms with E-state index in [2.05, 4.69) is 4.68 Å². The van der Waals surface area contributed by atoms with Crippen molar-refractivity contribution < 1.29 is 23.8 Å². The van der Waals surface area contributed by atoms with E-state index in [0.29, 0.717) is 42.6 Å². The Hall–Kier alpha value is -3.03. The zero-order valence-corrected chi connectivity index (χ0v) is 21.1. The van der Waals surface area contributed by atoms with E-state index in [-0.39, 0.29) is 12.4 Å². The molecule has 4 rings (SSSR count). The normalized spacial score (nSPS) is 17.9. The number of carboxylic acids is 1. The van der Waals surface area contributed by atoms with Crippen LogP contribution in [0.5, 0.6) is 0 Å². The molecule has 6 nitrogen and oxygen atoms in total. The van der Waals surface area contributed by atoms with E-state index in [1.54, 1.807) is 20.1 Å². The molecule has 1 heterocycles. The molecule has 1 aliphatic carbocycles. The molecule has 0 amide bonds. The van der Waals surface area contributed by atoms with Crippen molar-refractivity contribution in [2.45, 2.75) is 45.6 Å². The Labute approximate surface area is 212 Å². The predicted octanol–water partition coefficient (Wildman–Crippen LogP) is 5.76. The van der Waals surface area contributed by atoms with Gasteiger partial charge in [-0.1, -0.05) is 48.5 Å². The van der Waals surface area contributed by atoms with E-state index in [0.717, 1.165) is 54.7 Å². The maximum absolute atomic E-state index is 15.4. The van der Waals surface area contributed by atoms with Crippen LogP contribution in [0.4, 0.5) is 4.39 Å². The fourth-order valence-corrected chi connectivity index (χ4v) is 5.16. The van der Waals surface area contributed by atoms with Crippen LogP contribution in [-0.4, -0.2) is 47.8 Å². The maximum Gasteiger partial charge on any atom is 0.329 e. The van der Waals surface area contributed by atoms with Gasteiger partial charge in [0.05, 0.1) is 13.2 Å². The quantitative estimate of drug-likeness (QED) is 0.367. The van der Waals surface area contributed by atoms with Crippen LogP contribution in [0.3, 0.4) is 0 Å². The van der Waals surface area contributed by atoms with Crippen molar-refractivity contribution >= 4 is 5.97 Å². The number of hydrogen-bond acceptors (Lipinski definition) is 4. The molecule has 2 aromatic carbocycles. The van der Waals surface area contributed by atoms with E-state index >= 15 is 4.39 Å². The molecule has 1 aliphatic rings. The summed E-state index contributed by atoms with van der Waals surface area (Å²) in [5, 5.41) is 13.9. The molecule has 3 aromatic rings. The highest BCUT2D eigenvalue weighted by atomic mass is 19.1. The molecule has 1 N–H and O–H groups in total. The number of aliphatic carboxylic acids is 1. The van der Waals surface area contributed by atoms with Crippen molar-refractivity contribution in [3.63, 3.8) is 0 Å². The summed E-state index contributed by atoms with van der Waals surface area (Å²) in [5.74, 6) is -0.306. The Morgan fingerprint density at radius 3 is 2.50 bits per heavy atom. The Morgan fingerprint density at radius 1 is 1.08 bits per heavy atom. The van der Waals surface area contributed by atoms with E-state index in [4.69, 9.17) is 19.7 Å². The molecule has 0 aliphatic heterocycles. The average molecular weight is 495 g/mol. The van der Waals surface area contributed by atoms with Gasteiger partial charge in [-0.2, -0.15) is 5.10 Å². The van der Waals surface area contributed by atoms with Crippen LogP contribution in [0, 0.1) is 24.6 Å². The lowest BCUT2D eigenvalue weighted by molar-refractivity contribution is -0.142. The van der Waals surface area contributed by atoms with Gasteiger partial charge in [0.25, 0.3) is 0 Å². The van der Waals surface area contributed by atoms with Gasteiger partial charge in [-0.05, 0) is 50.0 Å². The largest absolute Gasteiger partial charge is 0.480 e. The van der Waals surface area contributed by atoms with Crippen molar-refractivity contribution in [2.75, 3.05) is 26.9 Å². The molecule has 36 heavy (non-hydrogen) atoms. The number of aromatic nitrogens is 2. The topological polar surface area (TPSA) is 73.6 Å². The third kappa shape index (κ3) is 6.20.